The normalized spacial score (nSPS) is 16.2. The van der Waals surface area contributed by atoms with Gasteiger partial charge in [0.2, 0.25) is 10.0 Å². The maximum absolute atomic E-state index is 12.2. The summed E-state index contributed by atoms with van der Waals surface area (Å²) in [5.41, 5.74) is 0.832. The Labute approximate surface area is 109 Å². The summed E-state index contributed by atoms with van der Waals surface area (Å²) >= 11 is 0. The van der Waals surface area contributed by atoms with Crippen LogP contribution in [-0.4, -0.2) is 28.1 Å². The quantitative estimate of drug-likeness (QED) is 0.888. The van der Waals surface area contributed by atoms with Gasteiger partial charge in [0.25, 0.3) is 0 Å². The zero-order valence-corrected chi connectivity index (χ0v) is 11.5. The summed E-state index contributed by atoms with van der Waals surface area (Å²) in [6.07, 6.45) is 3.07. The zero-order valence-electron chi connectivity index (χ0n) is 10.7. The third-order valence-corrected chi connectivity index (χ3v) is 4.65. The molecule has 0 atom stereocenters. The molecule has 18 heavy (non-hydrogen) atoms. The third kappa shape index (κ3) is 2.84. The van der Waals surface area contributed by atoms with Crippen LogP contribution in [0.2, 0.25) is 0 Å². The van der Waals surface area contributed by atoms with Crippen molar-refractivity contribution in [2.45, 2.75) is 31.1 Å². The van der Waals surface area contributed by atoms with Gasteiger partial charge >= 0.3 is 0 Å². The Balaban J connectivity index is 2.32. The molecule has 100 valence electrons. The maximum Gasteiger partial charge on any atom is 0.242 e. The van der Waals surface area contributed by atoms with Crippen LogP contribution >= 0.6 is 0 Å². The van der Waals surface area contributed by atoms with E-state index in [0.29, 0.717) is 11.4 Å². The van der Waals surface area contributed by atoms with E-state index in [1.54, 1.807) is 12.1 Å². The van der Waals surface area contributed by atoms with Crippen LogP contribution in [0.3, 0.4) is 0 Å². The average Bonchev–Trinajstić information content (AvgIpc) is 2.90. The lowest BCUT2D eigenvalue weighted by Gasteiger charge is -2.21. The van der Waals surface area contributed by atoms with Gasteiger partial charge in [-0.25, -0.2) is 13.1 Å². The van der Waals surface area contributed by atoms with Gasteiger partial charge in [-0.1, -0.05) is 19.1 Å². The summed E-state index contributed by atoms with van der Waals surface area (Å²) in [6.45, 7) is 4.33. The van der Waals surface area contributed by atoms with Gasteiger partial charge in [-0.05, 0) is 31.4 Å². The molecule has 1 aromatic rings. The van der Waals surface area contributed by atoms with Crippen LogP contribution in [0.5, 0.6) is 0 Å². The van der Waals surface area contributed by atoms with Gasteiger partial charge in [-0.2, -0.15) is 0 Å². The number of para-hydroxylation sites is 1. The van der Waals surface area contributed by atoms with Crippen LogP contribution in [0.15, 0.2) is 29.2 Å². The molecule has 1 saturated heterocycles. The molecule has 5 heteroatoms. The van der Waals surface area contributed by atoms with Crippen LogP contribution in [-0.2, 0) is 10.0 Å². The molecular weight excluding hydrogens is 248 g/mol. The van der Waals surface area contributed by atoms with E-state index in [9.17, 15) is 8.42 Å². The Bertz CT molecular complexity index is 493. The highest BCUT2D eigenvalue weighted by Crippen LogP contribution is 2.27. The van der Waals surface area contributed by atoms with E-state index in [-0.39, 0.29) is 0 Å². The van der Waals surface area contributed by atoms with Crippen LogP contribution in [0, 0.1) is 0 Å². The van der Waals surface area contributed by atoms with Crippen molar-refractivity contribution in [1.82, 2.24) is 4.72 Å². The van der Waals surface area contributed by atoms with Crippen molar-refractivity contribution in [2.24, 2.45) is 0 Å². The second kappa shape index (κ2) is 5.71. The highest BCUT2D eigenvalue weighted by molar-refractivity contribution is 7.89. The minimum absolute atomic E-state index is 0.403. The standard InChI is InChI=1S/C13H20N2O2S/c1-2-9-14-18(16,17)13-8-4-3-7-12(13)15-10-5-6-11-15/h3-4,7-8,14H,2,5-6,9-11H2,1H3. The Morgan fingerprint density at radius 1 is 1.22 bits per heavy atom. The van der Waals surface area contributed by atoms with Gasteiger partial charge in [0.1, 0.15) is 4.90 Å². The van der Waals surface area contributed by atoms with Crippen LogP contribution in [0.1, 0.15) is 26.2 Å². The second-order valence-electron chi connectivity index (χ2n) is 4.56. The highest BCUT2D eigenvalue weighted by Gasteiger charge is 2.22. The summed E-state index contributed by atoms with van der Waals surface area (Å²) in [6, 6.07) is 7.25. The van der Waals surface area contributed by atoms with Crippen molar-refractivity contribution in [3.63, 3.8) is 0 Å². The maximum atomic E-state index is 12.2. The first-order valence-corrected chi connectivity index (χ1v) is 7.97. The summed E-state index contributed by atoms with van der Waals surface area (Å²) in [5, 5.41) is 0. The smallest absolute Gasteiger partial charge is 0.242 e. The molecular formula is C13H20N2O2S. The molecule has 1 N–H and O–H groups in total. The van der Waals surface area contributed by atoms with Gasteiger partial charge in [0.05, 0.1) is 5.69 Å². The summed E-state index contributed by atoms with van der Waals surface area (Å²) in [5.74, 6) is 0. The number of nitrogens with zero attached hydrogens (tertiary/aromatic N) is 1. The molecule has 1 aliphatic heterocycles. The number of hydrogen-bond acceptors (Lipinski definition) is 3. The fraction of sp³-hybridized carbons (Fsp3) is 0.538. The molecule has 0 aliphatic carbocycles. The molecule has 0 bridgehead atoms. The van der Waals surface area contributed by atoms with Crippen LogP contribution in [0.25, 0.3) is 0 Å². The fourth-order valence-corrected chi connectivity index (χ4v) is 3.58. The van der Waals surface area contributed by atoms with Gasteiger partial charge in [-0.3, -0.25) is 0 Å². The molecule has 1 heterocycles. The zero-order chi connectivity index (χ0) is 13.0. The Kier molecular flexibility index (Phi) is 4.24. The molecule has 2 rings (SSSR count). The molecule has 0 saturated carbocycles. The van der Waals surface area contributed by atoms with Gasteiger partial charge in [-0.15, -0.1) is 0 Å². The Hall–Kier alpha value is -1.07. The molecule has 1 aliphatic rings. The summed E-state index contributed by atoms with van der Waals surface area (Å²) in [4.78, 5) is 2.56. The van der Waals surface area contributed by atoms with E-state index < -0.39 is 10.0 Å². The number of benzene rings is 1. The summed E-state index contributed by atoms with van der Waals surface area (Å²) in [7, 11) is -3.38. The van der Waals surface area contributed by atoms with Crippen molar-refractivity contribution < 1.29 is 8.42 Å². The van der Waals surface area contributed by atoms with E-state index in [1.807, 2.05) is 19.1 Å². The van der Waals surface area contributed by atoms with Crippen molar-refractivity contribution in [3.05, 3.63) is 24.3 Å². The van der Waals surface area contributed by atoms with Crippen molar-refractivity contribution in [1.29, 1.82) is 0 Å². The first kappa shape index (κ1) is 13.4. The highest BCUT2D eigenvalue weighted by atomic mass is 32.2. The molecule has 1 aromatic carbocycles. The van der Waals surface area contributed by atoms with E-state index in [1.165, 1.54) is 0 Å². The van der Waals surface area contributed by atoms with E-state index in [4.69, 9.17) is 0 Å². The predicted octanol–water partition coefficient (Wildman–Crippen LogP) is 1.98. The molecule has 1 fully saturated rings. The van der Waals surface area contributed by atoms with Crippen molar-refractivity contribution >= 4 is 15.7 Å². The number of nitrogens with one attached hydrogen (secondary N) is 1. The first-order chi connectivity index (χ1) is 8.65. The average molecular weight is 268 g/mol. The van der Waals surface area contributed by atoms with E-state index >= 15 is 0 Å². The number of hydrogen-bond donors (Lipinski definition) is 1. The largest absolute Gasteiger partial charge is 0.370 e. The first-order valence-electron chi connectivity index (χ1n) is 6.49. The van der Waals surface area contributed by atoms with Crippen LogP contribution < -0.4 is 9.62 Å². The number of anilines is 1. The van der Waals surface area contributed by atoms with E-state index in [2.05, 4.69) is 9.62 Å². The molecule has 4 nitrogen and oxygen atoms in total. The van der Waals surface area contributed by atoms with Gasteiger partial charge < -0.3 is 4.90 Å². The van der Waals surface area contributed by atoms with Crippen LogP contribution in [0.4, 0.5) is 5.69 Å². The third-order valence-electron chi connectivity index (χ3n) is 3.14. The predicted molar refractivity (Wildman–Crippen MR) is 73.4 cm³/mol. The minimum Gasteiger partial charge on any atom is -0.370 e. The second-order valence-corrected chi connectivity index (χ2v) is 6.30. The van der Waals surface area contributed by atoms with Gasteiger partial charge in [0.15, 0.2) is 0 Å². The fourth-order valence-electron chi connectivity index (χ4n) is 2.22. The molecule has 0 unspecified atom stereocenters. The molecule has 0 spiro atoms. The monoisotopic (exact) mass is 268 g/mol. The molecule has 0 amide bonds. The number of rotatable bonds is 5. The summed E-state index contributed by atoms with van der Waals surface area (Å²) < 4.78 is 27.1. The van der Waals surface area contributed by atoms with E-state index in [0.717, 1.165) is 38.0 Å². The number of sulfonamides is 1. The SMILES string of the molecule is CCCNS(=O)(=O)c1ccccc1N1CCCC1. The van der Waals surface area contributed by atoms with Crippen molar-refractivity contribution in [2.75, 3.05) is 24.5 Å². The van der Waals surface area contributed by atoms with Crippen molar-refractivity contribution in [3.8, 4) is 0 Å². The lowest BCUT2D eigenvalue weighted by atomic mass is 10.3. The lowest BCUT2D eigenvalue weighted by molar-refractivity contribution is 0.580. The molecule has 0 radical (unpaired) electrons. The minimum atomic E-state index is -3.38. The topological polar surface area (TPSA) is 49.4 Å². The Morgan fingerprint density at radius 2 is 1.89 bits per heavy atom. The lowest BCUT2D eigenvalue weighted by Crippen LogP contribution is -2.27. The Morgan fingerprint density at radius 3 is 2.56 bits per heavy atom. The molecule has 0 aromatic heterocycles. The van der Waals surface area contributed by atoms with Gasteiger partial charge in [0, 0.05) is 19.6 Å².